The van der Waals surface area contributed by atoms with Crippen LogP contribution in [0.2, 0.25) is 0 Å². The second-order valence-electron chi connectivity index (χ2n) is 6.41. The van der Waals surface area contributed by atoms with Gasteiger partial charge in [0.25, 0.3) is 0 Å². The van der Waals surface area contributed by atoms with Crippen LogP contribution in [0.25, 0.3) is 0 Å². The van der Waals surface area contributed by atoms with E-state index in [1.54, 1.807) is 12.3 Å². The zero-order valence-electron chi connectivity index (χ0n) is 14.2. The molecule has 0 spiro atoms. The standard InChI is InChI=1S/C20H22N4O/c21-12-17-11-16(7-6-15-4-5-15)8-9-19(17)20(24-22)14-23-13-18-3-1-2-10-25-18/h8-9,11,14-15,18H,1-5,10,13,22H2/b23-14?,24-20+. The van der Waals surface area contributed by atoms with Crippen molar-refractivity contribution in [1.29, 1.82) is 5.26 Å². The molecule has 1 aliphatic carbocycles. The maximum Gasteiger partial charge on any atom is 0.109 e. The Morgan fingerprint density at radius 1 is 1.32 bits per heavy atom. The van der Waals surface area contributed by atoms with Gasteiger partial charge < -0.3 is 10.6 Å². The molecule has 25 heavy (non-hydrogen) atoms. The largest absolute Gasteiger partial charge is 0.376 e. The highest BCUT2D eigenvalue weighted by atomic mass is 16.5. The molecule has 128 valence electrons. The molecule has 2 fully saturated rings. The average Bonchev–Trinajstić information content (AvgIpc) is 3.49. The molecule has 1 saturated heterocycles. The summed E-state index contributed by atoms with van der Waals surface area (Å²) in [6.45, 7) is 1.39. The Balaban J connectivity index is 1.71. The summed E-state index contributed by atoms with van der Waals surface area (Å²) >= 11 is 0. The molecule has 1 saturated carbocycles. The molecule has 5 nitrogen and oxygen atoms in total. The minimum absolute atomic E-state index is 0.166. The molecule has 1 aromatic rings. The van der Waals surface area contributed by atoms with E-state index in [-0.39, 0.29) is 6.10 Å². The molecular weight excluding hydrogens is 312 g/mol. The van der Waals surface area contributed by atoms with Crippen molar-refractivity contribution in [1.82, 2.24) is 0 Å². The number of nitrogens with two attached hydrogens (primary N) is 1. The van der Waals surface area contributed by atoms with Crippen molar-refractivity contribution in [2.45, 2.75) is 38.2 Å². The first kappa shape index (κ1) is 17.2. The van der Waals surface area contributed by atoms with Crippen molar-refractivity contribution in [2.24, 2.45) is 21.9 Å². The van der Waals surface area contributed by atoms with Crippen LogP contribution in [-0.2, 0) is 4.74 Å². The number of nitriles is 1. The van der Waals surface area contributed by atoms with Crippen molar-refractivity contribution >= 4 is 11.9 Å². The summed E-state index contributed by atoms with van der Waals surface area (Å²) in [6, 6.07) is 7.72. The normalized spacial score (nSPS) is 20.8. The number of nitrogens with zero attached hydrogens (tertiary/aromatic N) is 3. The fraction of sp³-hybridized carbons (Fsp3) is 0.450. The molecule has 5 heteroatoms. The summed E-state index contributed by atoms with van der Waals surface area (Å²) in [5, 5.41) is 13.3. The molecule has 2 N–H and O–H groups in total. The lowest BCUT2D eigenvalue weighted by molar-refractivity contribution is 0.0226. The first-order valence-electron chi connectivity index (χ1n) is 8.75. The third kappa shape index (κ3) is 4.92. The van der Waals surface area contributed by atoms with Gasteiger partial charge in [-0.05, 0) is 44.2 Å². The van der Waals surface area contributed by atoms with Crippen LogP contribution in [0.15, 0.2) is 28.3 Å². The summed E-state index contributed by atoms with van der Waals surface area (Å²) in [6.07, 6.45) is 7.49. The van der Waals surface area contributed by atoms with Gasteiger partial charge in [0.1, 0.15) is 5.71 Å². The number of ether oxygens (including phenoxy) is 1. The van der Waals surface area contributed by atoms with Crippen molar-refractivity contribution in [3.8, 4) is 17.9 Å². The van der Waals surface area contributed by atoms with Crippen molar-refractivity contribution in [3.63, 3.8) is 0 Å². The van der Waals surface area contributed by atoms with Crippen molar-refractivity contribution in [2.75, 3.05) is 13.2 Å². The van der Waals surface area contributed by atoms with E-state index >= 15 is 0 Å². The Morgan fingerprint density at radius 3 is 2.88 bits per heavy atom. The Bertz CT molecular complexity index is 769. The fourth-order valence-corrected chi connectivity index (χ4v) is 2.73. The molecular formula is C20H22N4O. The third-order valence-electron chi connectivity index (χ3n) is 4.35. The lowest BCUT2D eigenvalue weighted by Gasteiger charge is -2.20. The Hall–Kier alpha value is -2.63. The van der Waals surface area contributed by atoms with Gasteiger partial charge in [0, 0.05) is 29.9 Å². The molecule has 1 unspecified atom stereocenters. The summed E-state index contributed by atoms with van der Waals surface area (Å²) in [7, 11) is 0. The minimum atomic E-state index is 0.166. The number of hydrogen-bond acceptors (Lipinski definition) is 5. The van der Waals surface area contributed by atoms with Gasteiger partial charge in [-0.3, -0.25) is 4.99 Å². The highest BCUT2D eigenvalue weighted by Gasteiger charge is 2.18. The first-order chi connectivity index (χ1) is 12.3. The van der Waals surface area contributed by atoms with Gasteiger partial charge in [0.2, 0.25) is 0 Å². The minimum Gasteiger partial charge on any atom is -0.376 e. The van der Waals surface area contributed by atoms with Crippen LogP contribution in [-0.4, -0.2) is 31.2 Å². The molecule has 1 atom stereocenters. The van der Waals surface area contributed by atoms with E-state index in [0.717, 1.165) is 25.0 Å². The summed E-state index contributed by atoms with van der Waals surface area (Å²) in [5.41, 5.74) is 2.52. The second kappa shape index (κ2) is 8.46. The van der Waals surface area contributed by atoms with E-state index in [0.29, 0.717) is 29.3 Å². The van der Waals surface area contributed by atoms with Crippen LogP contribution in [0, 0.1) is 29.1 Å². The Morgan fingerprint density at radius 2 is 2.20 bits per heavy atom. The molecule has 0 radical (unpaired) electrons. The van der Waals surface area contributed by atoms with E-state index in [2.05, 4.69) is 28.0 Å². The first-order valence-corrected chi connectivity index (χ1v) is 8.75. The van der Waals surface area contributed by atoms with Crippen LogP contribution in [0.4, 0.5) is 0 Å². The van der Waals surface area contributed by atoms with Gasteiger partial charge >= 0.3 is 0 Å². The van der Waals surface area contributed by atoms with Crippen LogP contribution in [0.5, 0.6) is 0 Å². The summed E-state index contributed by atoms with van der Waals surface area (Å²) in [5.74, 6) is 12.4. The van der Waals surface area contributed by atoms with E-state index in [1.807, 2.05) is 12.1 Å². The summed E-state index contributed by atoms with van der Waals surface area (Å²) in [4.78, 5) is 4.41. The number of aliphatic imine (C=N–C) groups is 1. The highest BCUT2D eigenvalue weighted by Crippen LogP contribution is 2.27. The smallest absolute Gasteiger partial charge is 0.109 e. The molecule has 0 amide bonds. The fourth-order valence-electron chi connectivity index (χ4n) is 2.73. The molecule has 0 aromatic heterocycles. The van der Waals surface area contributed by atoms with Crippen LogP contribution >= 0.6 is 0 Å². The predicted octanol–water partition coefficient (Wildman–Crippen LogP) is 2.62. The van der Waals surface area contributed by atoms with Crippen molar-refractivity contribution < 1.29 is 4.74 Å². The Kier molecular flexibility index (Phi) is 5.82. The van der Waals surface area contributed by atoms with E-state index < -0.39 is 0 Å². The predicted molar refractivity (Wildman–Crippen MR) is 98.4 cm³/mol. The van der Waals surface area contributed by atoms with Crippen molar-refractivity contribution in [3.05, 3.63) is 34.9 Å². The van der Waals surface area contributed by atoms with Crippen LogP contribution < -0.4 is 5.84 Å². The zero-order valence-corrected chi connectivity index (χ0v) is 14.2. The Labute approximate surface area is 148 Å². The maximum atomic E-state index is 9.45. The molecule has 3 rings (SSSR count). The topological polar surface area (TPSA) is 83.8 Å². The third-order valence-corrected chi connectivity index (χ3v) is 4.35. The van der Waals surface area contributed by atoms with Gasteiger partial charge in [0.05, 0.1) is 24.3 Å². The van der Waals surface area contributed by atoms with Gasteiger partial charge in [-0.15, -0.1) is 0 Å². The molecule has 1 heterocycles. The number of rotatable bonds is 4. The van der Waals surface area contributed by atoms with Gasteiger partial charge in [-0.2, -0.15) is 10.4 Å². The zero-order chi connectivity index (χ0) is 17.5. The van der Waals surface area contributed by atoms with Crippen LogP contribution in [0.1, 0.15) is 48.8 Å². The van der Waals surface area contributed by atoms with Gasteiger partial charge in [0.15, 0.2) is 0 Å². The number of hydrazone groups is 1. The number of hydrogen-bond donors (Lipinski definition) is 1. The maximum absolute atomic E-state index is 9.45. The van der Waals surface area contributed by atoms with E-state index in [1.165, 1.54) is 19.3 Å². The summed E-state index contributed by atoms with van der Waals surface area (Å²) < 4.78 is 5.66. The number of benzene rings is 1. The molecule has 0 bridgehead atoms. The van der Waals surface area contributed by atoms with Crippen LogP contribution in [0.3, 0.4) is 0 Å². The molecule has 1 aromatic carbocycles. The molecule has 2 aliphatic rings. The SMILES string of the molecule is N#Cc1cc(C#CC2CC2)ccc1/C(C=NCC1CCCCO1)=N/N. The van der Waals surface area contributed by atoms with Gasteiger partial charge in [-0.1, -0.05) is 17.9 Å². The van der Waals surface area contributed by atoms with E-state index in [4.69, 9.17) is 10.6 Å². The average molecular weight is 334 g/mol. The van der Waals surface area contributed by atoms with Gasteiger partial charge in [-0.25, -0.2) is 0 Å². The van der Waals surface area contributed by atoms with E-state index in [9.17, 15) is 5.26 Å². The second-order valence-corrected chi connectivity index (χ2v) is 6.41. The monoisotopic (exact) mass is 334 g/mol. The lowest BCUT2D eigenvalue weighted by Crippen LogP contribution is -2.22. The molecule has 1 aliphatic heterocycles. The lowest BCUT2D eigenvalue weighted by atomic mass is 10.0. The highest BCUT2D eigenvalue weighted by molar-refractivity contribution is 6.38. The quantitative estimate of drug-likeness (QED) is 0.397.